The number of carbonyl (C=O) groups is 1. The number of Topliss-reactive ketones (excluding diaryl/α,β-unsaturated/α-hetero) is 1. The number of rotatable bonds is 3. The maximum atomic E-state index is 12.4. The third-order valence-electron chi connectivity index (χ3n) is 3.84. The standard InChI is InChI=1S/C16H12BrNO3/c17-15-11(5-3-7-14(15)18(20)21)9-12-8-10-4-1-2-6-13(10)16(12)19/h1-7,12H,8-9H2. The maximum Gasteiger partial charge on any atom is 0.283 e. The fourth-order valence-electron chi connectivity index (χ4n) is 2.81. The molecule has 1 aliphatic rings. The van der Waals surface area contributed by atoms with E-state index in [9.17, 15) is 14.9 Å². The highest BCUT2D eigenvalue weighted by Gasteiger charge is 2.31. The van der Waals surface area contributed by atoms with E-state index in [1.807, 2.05) is 30.3 Å². The number of benzene rings is 2. The Hall–Kier alpha value is -2.01. The Morgan fingerprint density at radius 1 is 1.19 bits per heavy atom. The van der Waals surface area contributed by atoms with Crippen LogP contribution < -0.4 is 0 Å². The Balaban J connectivity index is 1.88. The van der Waals surface area contributed by atoms with Gasteiger partial charge in [-0.2, -0.15) is 0 Å². The molecule has 2 aromatic rings. The number of nitrogens with zero attached hydrogens (tertiary/aromatic N) is 1. The summed E-state index contributed by atoms with van der Waals surface area (Å²) in [5.41, 5.74) is 2.68. The van der Waals surface area contributed by atoms with Gasteiger partial charge in [-0.15, -0.1) is 0 Å². The SMILES string of the molecule is O=C1c2ccccc2CC1Cc1cccc([N+](=O)[O-])c1Br. The molecule has 5 heteroatoms. The zero-order valence-corrected chi connectivity index (χ0v) is 12.7. The first-order chi connectivity index (χ1) is 10.1. The van der Waals surface area contributed by atoms with Crippen LogP contribution in [0.2, 0.25) is 0 Å². The molecule has 4 nitrogen and oxygen atoms in total. The summed E-state index contributed by atoms with van der Waals surface area (Å²) in [5.74, 6) is -0.00953. The minimum absolute atomic E-state index is 0.0375. The van der Waals surface area contributed by atoms with Crippen LogP contribution in [-0.4, -0.2) is 10.7 Å². The van der Waals surface area contributed by atoms with Crippen LogP contribution in [0.15, 0.2) is 46.9 Å². The molecule has 0 aromatic heterocycles. The van der Waals surface area contributed by atoms with Gasteiger partial charge in [-0.3, -0.25) is 14.9 Å². The summed E-state index contributed by atoms with van der Waals surface area (Å²) in [4.78, 5) is 22.9. The summed E-state index contributed by atoms with van der Waals surface area (Å²) in [6, 6.07) is 12.5. The highest BCUT2D eigenvalue weighted by Crippen LogP contribution is 2.34. The summed E-state index contributed by atoms with van der Waals surface area (Å²) in [5, 5.41) is 11.0. The number of nitro groups is 1. The molecule has 3 rings (SSSR count). The quantitative estimate of drug-likeness (QED) is 0.624. The summed E-state index contributed by atoms with van der Waals surface area (Å²) in [6.45, 7) is 0. The van der Waals surface area contributed by atoms with E-state index in [0.29, 0.717) is 17.3 Å². The van der Waals surface area contributed by atoms with Crippen molar-refractivity contribution in [2.75, 3.05) is 0 Å². The fraction of sp³-hybridized carbons (Fsp3) is 0.188. The third-order valence-corrected chi connectivity index (χ3v) is 4.76. The lowest BCUT2D eigenvalue weighted by atomic mass is 9.95. The molecular weight excluding hydrogens is 334 g/mol. The lowest BCUT2D eigenvalue weighted by Crippen LogP contribution is -2.12. The van der Waals surface area contributed by atoms with Crippen molar-refractivity contribution in [3.05, 3.63) is 73.7 Å². The molecule has 0 spiro atoms. The van der Waals surface area contributed by atoms with E-state index in [2.05, 4.69) is 15.9 Å². The van der Waals surface area contributed by atoms with Crippen LogP contribution in [-0.2, 0) is 12.8 Å². The van der Waals surface area contributed by atoms with Crippen molar-refractivity contribution in [2.24, 2.45) is 5.92 Å². The normalized spacial score (nSPS) is 16.8. The second kappa shape index (κ2) is 5.41. The molecule has 0 radical (unpaired) electrons. The predicted octanol–water partition coefficient (Wildman–Crippen LogP) is 3.96. The Bertz CT molecular complexity index is 742. The molecule has 0 saturated carbocycles. The Morgan fingerprint density at radius 3 is 2.67 bits per heavy atom. The number of carbonyl (C=O) groups excluding carboxylic acids is 1. The van der Waals surface area contributed by atoms with E-state index >= 15 is 0 Å². The van der Waals surface area contributed by atoms with E-state index in [-0.39, 0.29) is 17.4 Å². The van der Waals surface area contributed by atoms with Crippen molar-refractivity contribution in [2.45, 2.75) is 12.8 Å². The van der Waals surface area contributed by atoms with Gasteiger partial charge in [0.1, 0.15) is 0 Å². The first-order valence-electron chi connectivity index (χ1n) is 6.62. The van der Waals surface area contributed by atoms with Crippen molar-refractivity contribution in [1.82, 2.24) is 0 Å². The fourth-order valence-corrected chi connectivity index (χ4v) is 3.38. The summed E-state index contributed by atoms with van der Waals surface area (Å²) in [6.07, 6.45) is 1.21. The molecule has 0 bridgehead atoms. The van der Waals surface area contributed by atoms with Gasteiger partial charge in [0.05, 0.1) is 9.40 Å². The molecular formula is C16H12BrNO3. The Labute approximate surface area is 130 Å². The van der Waals surface area contributed by atoms with Crippen LogP contribution in [0.5, 0.6) is 0 Å². The van der Waals surface area contributed by atoms with E-state index < -0.39 is 4.92 Å². The van der Waals surface area contributed by atoms with Gasteiger partial charge in [-0.25, -0.2) is 0 Å². The zero-order chi connectivity index (χ0) is 15.0. The Kier molecular flexibility index (Phi) is 3.59. The zero-order valence-electron chi connectivity index (χ0n) is 11.1. The molecule has 1 atom stereocenters. The minimum Gasteiger partial charge on any atom is -0.294 e. The summed E-state index contributed by atoms with van der Waals surface area (Å²) in [7, 11) is 0. The van der Waals surface area contributed by atoms with Crippen LogP contribution in [0, 0.1) is 16.0 Å². The van der Waals surface area contributed by atoms with Crippen molar-refractivity contribution < 1.29 is 9.72 Å². The van der Waals surface area contributed by atoms with Gasteiger partial charge in [-0.05, 0) is 39.9 Å². The molecule has 106 valence electrons. The second-order valence-corrected chi connectivity index (χ2v) is 5.93. The summed E-state index contributed by atoms with van der Waals surface area (Å²) >= 11 is 3.29. The first kappa shape index (κ1) is 13.9. The average Bonchev–Trinajstić information content (AvgIpc) is 2.78. The van der Waals surface area contributed by atoms with Gasteiger partial charge < -0.3 is 0 Å². The molecule has 2 aromatic carbocycles. The lowest BCUT2D eigenvalue weighted by Gasteiger charge is -2.10. The van der Waals surface area contributed by atoms with Gasteiger partial charge in [-0.1, -0.05) is 36.4 Å². The topological polar surface area (TPSA) is 60.2 Å². The third kappa shape index (κ3) is 2.49. The molecule has 1 unspecified atom stereocenters. The van der Waals surface area contributed by atoms with E-state index in [1.165, 1.54) is 6.07 Å². The van der Waals surface area contributed by atoms with Crippen molar-refractivity contribution in [3.8, 4) is 0 Å². The summed E-state index contributed by atoms with van der Waals surface area (Å²) < 4.78 is 0.471. The van der Waals surface area contributed by atoms with Crippen molar-refractivity contribution in [3.63, 3.8) is 0 Å². The van der Waals surface area contributed by atoms with Gasteiger partial charge in [0.2, 0.25) is 0 Å². The molecule has 0 amide bonds. The van der Waals surface area contributed by atoms with Crippen molar-refractivity contribution >= 4 is 27.4 Å². The second-order valence-electron chi connectivity index (χ2n) is 5.13. The molecule has 0 fully saturated rings. The maximum absolute atomic E-state index is 12.4. The minimum atomic E-state index is -0.418. The Morgan fingerprint density at radius 2 is 1.95 bits per heavy atom. The number of hydrogen-bond acceptors (Lipinski definition) is 3. The number of nitro benzene ring substituents is 1. The van der Waals surface area contributed by atoms with Crippen LogP contribution in [0.3, 0.4) is 0 Å². The highest BCUT2D eigenvalue weighted by atomic mass is 79.9. The first-order valence-corrected chi connectivity index (χ1v) is 7.41. The molecule has 0 N–H and O–H groups in total. The monoisotopic (exact) mass is 345 g/mol. The molecule has 21 heavy (non-hydrogen) atoms. The van der Waals surface area contributed by atoms with Crippen LogP contribution in [0.1, 0.15) is 21.5 Å². The van der Waals surface area contributed by atoms with Crippen LogP contribution >= 0.6 is 15.9 Å². The van der Waals surface area contributed by atoms with Crippen LogP contribution in [0.25, 0.3) is 0 Å². The van der Waals surface area contributed by atoms with Gasteiger partial charge in [0.15, 0.2) is 5.78 Å². The van der Waals surface area contributed by atoms with E-state index in [4.69, 9.17) is 0 Å². The number of ketones is 1. The number of hydrogen-bond donors (Lipinski definition) is 0. The van der Waals surface area contributed by atoms with Gasteiger partial charge in [0, 0.05) is 17.5 Å². The van der Waals surface area contributed by atoms with Crippen LogP contribution in [0.4, 0.5) is 5.69 Å². The highest BCUT2D eigenvalue weighted by molar-refractivity contribution is 9.10. The average molecular weight is 346 g/mol. The van der Waals surface area contributed by atoms with Crippen molar-refractivity contribution in [1.29, 1.82) is 0 Å². The lowest BCUT2D eigenvalue weighted by molar-refractivity contribution is -0.385. The number of halogens is 1. The molecule has 0 heterocycles. The predicted molar refractivity (Wildman–Crippen MR) is 82.5 cm³/mol. The largest absolute Gasteiger partial charge is 0.294 e. The molecule has 0 saturated heterocycles. The smallest absolute Gasteiger partial charge is 0.283 e. The van der Waals surface area contributed by atoms with E-state index in [1.54, 1.807) is 6.07 Å². The van der Waals surface area contributed by atoms with E-state index in [0.717, 1.165) is 16.7 Å². The van der Waals surface area contributed by atoms with Gasteiger partial charge >= 0.3 is 0 Å². The molecule has 1 aliphatic carbocycles. The molecule has 0 aliphatic heterocycles. The van der Waals surface area contributed by atoms with Gasteiger partial charge in [0.25, 0.3) is 5.69 Å². The number of fused-ring (bicyclic) bond motifs is 1.